The Morgan fingerprint density at radius 3 is 2.73 bits per heavy atom. The number of aromatic nitrogens is 1. The van der Waals surface area contributed by atoms with Crippen LogP contribution in [0.25, 0.3) is 0 Å². The summed E-state index contributed by atoms with van der Waals surface area (Å²) in [7, 11) is 0. The molecule has 0 saturated heterocycles. The number of aliphatic hydroxyl groups excluding tert-OH is 1. The van der Waals surface area contributed by atoms with E-state index in [4.69, 9.17) is 5.11 Å². The molecule has 2 N–H and O–H groups in total. The third-order valence-electron chi connectivity index (χ3n) is 2.44. The molecule has 0 aliphatic carbocycles. The van der Waals surface area contributed by atoms with E-state index in [1.54, 1.807) is 0 Å². The Bertz CT molecular complexity index is 310. The van der Waals surface area contributed by atoms with Crippen LogP contribution in [0.4, 0.5) is 0 Å². The molecule has 15 heavy (non-hydrogen) atoms. The zero-order valence-electron chi connectivity index (χ0n) is 9.75. The van der Waals surface area contributed by atoms with E-state index in [1.165, 1.54) is 11.1 Å². The Morgan fingerprint density at radius 1 is 1.40 bits per heavy atom. The summed E-state index contributed by atoms with van der Waals surface area (Å²) in [6, 6.07) is 2.12. The predicted octanol–water partition coefficient (Wildman–Crippen LogP) is 1.64. The summed E-state index contributed by atoms with van der Waals surface area (Å²) in [6.45, 7) is 7.22. The van der Waals surface area contributed by atoms with Gasteiger partial charge in [0.2, 0.25) is 0 Å². The SMILES string of the molecule is Cc1cncc(CNC(C)(C)CCO)c1. The van der Waals surface area contributed by atoms with Crippen molar-refractivity contribution in [2.24, 2.45) is 0 Å². The van der Waals surface area contributed by atoms with Crippen molar-refractivity contribution in [1.82, 2.24) is 10.3 Å². The van der Waals surface area contributed by atoms with E-state index in [2.05, 4.69) is 30.2 Å². The van der Waals surface area contributed by atoms with E-state index in [0.29, 0.717) is 0 Å². The van der Waals surface area contributed by atoms with Crippen LogP contribution in [0, 0.1) is 6.92 Å². The quantitative estimate of drug-likeness (QED) is 0.773. The Balaban J connectivity index is 2.49. The third kappa shape index (κ3) is 4.40. The minimum Gasteiger partial charge on any atom is -0.396 e. The molecule has 0 amide bonds. The van der Waals surface area contributed by atoms with Crippen molar-refractivity contribution in [3.8, 4) is 0 Å². The molecule has 0 saturated carbocycles. The number of aryl methyl sites for hydroxylation is 1. The van der Waals surface area contributed by atoms with Gasteiger partial charge in [0.05, 0.1) is 0 Å². The van der Waals surface area contributed by atoms with Crippen molar-refractivity contribution in [2.75, 3.05) is 6.61 Å². The predicted molar refractivity (Wildman–Crippen MR) is 61.6 cm³/mol. The molecular formula is C12H20N2O. The molecular weight excluding hydrogens is 188 g/mol. The van der Waals surface area contributed by atoms with E-state index in [9.17, 15) is 0 Å². The number of aliphatic hydroxyl groups is 1. The minimum atomic E-state index is -0.0293. The number of pyridine rings is 1. The zero-order chi connectivity index (χ0) is 11.3. The summed E-state index contributed by atoms with van der Waals surface area (Å²) in [4.78, 5) is 4.14. The summed E-state index contributed by atoms with van der Waals surface area (Å²) < 4.78 is 0. The minimum absolute atomic E-state index is 0.0293. The van der Waals surface area contributed by atoms with Crippen LogP contribution in [0.2, 0.25) is 0 Å². The number of rotatable bonds is 5. The van der Waals surface area contributed by atoms with Crippen LogP contribution in [-0.4, -0.2) is 22.2 Å². The van der Waals surface area contributed by atoms with E-state index in [1.807, 2.05) is 19.3 Å². The summed E-state index contributed by atoms with van der Waals surface area (Å²) >= 11 is 0. The molecule has 0 bridgehead atoms. The second-order valence-corrected chi connectivity index (χ2v) is 4.58. The fraction of sp³-hybridized carbons (Fsp3) is 0.583. The summed E-state index contributed by atoms with van der Waals surface area (Å²) in [5.41, 5.74) is 2.33. The highest BCUT2D eigenvalue weighted by Crippen LogP contribution is 2.09. The molecule has 3 nitrogen and oxygen atoms in total. The van der Waals surface area contributed by atoms with E-state index >= 15 is 0 Å². The molecule has 0 unspecified atom stereocenters. The second kappa shape index (κ2) is 5.24. The lowest BCUT2D eigenvalue weighted by Crippen LogP contribution is -2.39. The van der Waals surface area contributed by atoms with Crippen LogP contribution in [0.1, 0.15) is 31.4 Å². The van der Waals surface area contributed by atoms with Gasteiger partial charge in [0.25, 0.3) is 0 Å². The molecule has 84 valence electrons. The average molecular weight is 208 g/mol. The topological polar surface area (TPSA) is 45.2 Å². The van der Waals surface area contributed by atoms with Gasteiger partial charge in [0.15, 0.2) is 0 Å². The second-order valence-electron chi connectivity index (χ2n) is 4.58. The first kappa shape index (κ1) is 12.1. The Hall–Kier alpha value is -0.930. The highest BCUT2D eigenvalue weighted by molar-refractivity contribution is 5.16. The van der Waals surface area contributed by atoms with Crippen molar-refractivity contribution in [3.05, 3.63) is 29.6 Å². The molecule has 1 heterocycles. The number of hydrogen-bond acceptors (Lipinski definition) is 3. The first-order valence-electron chi connectivity index (χ1n) is 5.30. The van der Waals surface area contributed by atoms with E-state index in [-0.39, 0.29) is 12.1 Å². The summed E-state index contributed by atoms with van der Waals surface area (Å²) in [6.07, 6.45) is 4.48. The maximum atomic E-state index is 8.89. The maximum absolute atomic E-state index is 8.89. The van der Waals surface area contributed by atoms with Crippen LogP contribution in [-0.2, 0) is 6.54 Å². The standard InChI is InChI=1S/C12H20N2O/c1-10-6-11(8-13-7-10)9-14-12(2,3)4-5-15/h6-8,14-15H,4-5,9H2,1-3H3. The molecule has 0 spiro atoms. The van der Waals surface area contributed by atoms with Crippen molar-refractivity contribution in [2.45, 2.75) is 39.3 Å². The van der Waals surface area contributed by atoms with Crippen molar-refractivity contribution < 1.29 is 5.11 Å². The van der Waals surface area contributed by atoms with Gasteiger partial charge in [-0.1, -0.05) is 6.07 Å². The van der Waals surface area contributed by atoms with Crippen LogP contribution < -0.4 is 5.32 Å². The van der Waals surface area contributed by atoms with Gasteiger partial charge in [-0.15, -0.1) is 0 Å². The molecule has 3 heteroatoms. The molecule has 1 aromatic rings. The Kier molecular flexibility index (Phi) is 4.24. The average Bonchev–Trinajstić information content (AvgIpc) is 2.15. The van der Waals surface area contributed by atoms with Crippen LogP contribution in [0.5, 0.6) is 0 Å². The normalized spacial score (nSPS) is 11.7. The van der Waals surface area contributed by atoms with Crippen LogP contribution in [0.3, 0.4) is 0 Å². The highest BCUT2D eigenvalue weighted by atomic mass is 16.3. The van der Waals surface area contributed by atoms with E-state index < -0.39 is 0 Å². The fourth-order valence-electron chi connectivity index (χ4n) is 1.42. The molecule has 0 atom stereocenters. The zero-order valence-corrected chi connectivity index (χ0v) is 9.75. The molecule has 0 aromatic carbocycles. The lowest BCUT2D eigenvalue weighted by molar-refractivity contribution is 0.230. The first-order valence-corrected chi connectivity index (χ1v) is 5.30. The number of hydrogen-bond donors (Lipinski definition) is 2. The summed E-state index contributed by atoms with van der Waals surface area (Å²) in [5, 5.41) is 12.3. The number of nitrogens with zero attached hydrogens (tertiary/aromatic N) is 1. The van der Waals surface area contributed by atoms with Crippen LogP contribution in [0.15, 0.2) is 18.5 Å². The van der Waals surface area contributed by atoms with Gasteiger partial charge in [-0.05, 0) is 38.3 Å². The van der Waals surface area contributed by atoms with Gasteiger partial charge in [-0.25, -0.2) is 0 Å². The molecule has 0 aliphatic heterocycles. The Labute approximate surface area is 91.5 Å². The monoisotopic (exact) mass is 208 g/mol. The Morgan fingerprint density at radius 2 is 2.13 bits per heavy atom. The molecule has 0 radical (unpaired) electrons. The van der Waals surface area contributed by atoms with Crippen LogP contribution >= 0.6 is 0 Å². The van der Waals surface area contributed by atoms with E-state index in [0.717, 1.165) is 13.0 Å². The van der Waals surface area contributed by atoms with Gasteiger partial charge in [0, 0.05) is 31.1 Å². The molecule has 1 aromatic heterocycles. The van der Waals surface area contributed by atoms with Gasteiger partial charge in [0.1, 0.15) is 0 Å². The number of nitrogens with one attached hydrogen (secondary N) is 1. The molecule has 0 fully saturated rings. The van der Waals surface area contributed by atoms with Gasteiger partial charge < -0.3 is 10.4 Å². The van der Waals surface area contributed by atoms with Gasteiger partial charge >= 0.3 is 0 Å². The maximum Gasteiger partial charge on any atom is 0.0448 e. The van der Waals surface area contributed by atoms with Gasteiger partial charge in [-0.3, -0.25) is 4.98 Å². The van der Waals surface area contributed by atoms with Crippen molar-refractivity contribution in [1.29, 1.82) is 0 Å². The lowest BCUT2D eigenvalue weighted by atomic mass is 10.0. The summed E-state index contributed by atoms with van der Waals surface area (Å²) in [5.74, 6) is 0. The largest absolute Gasteiger partial charge is 0.396 e. The highest BCUT2D eigenvalue weighted by Gasteiger charge is 2.15. The van der Waals surface area contributed by atoms with Crippen molar-refractivity contribution in [3.63, 3.8) is 0 Å². The molecule has 0 aliphatic rings. The fourth-order valence-corrected chi connectivity index (χ4v) is 1.42. The van der Waals surface area contributed by atoms with Crippen molar-refractivity contribution >= 4 is 0 Å². The molecule has 1 rings (SSSR count). The third-order valence-corrected chi connectivity index (χ3v) is 2.44. The lowest BCUT2D eigenvalue weighted by Gasteiger charge is -2.25. The first-order chi connectivity index (χ1) is 7.03. The van der Waals surface area contributed by atoms with Gasteiger partial charge in [-0.2, -0.15) is 0 Å². The smallest absolute Gasteiger partial charge is 0.0448 e.